The van der Waals surface area contributed by atoms with Gasteiger partial charge in [-0.1, -0.05) is 12.1 Å². The first-order chi connectivity index (χ1) is 10.2. The number of hydrogen-bond acceptors (Lipinski definition) is 4. The van der Waals surface area contributed by atoms with E-state index in [1.54, 1.807) is 0 Å². The van der Waals surface area contributed by atoms with Crippen molar-refractivity contribution in [1.82, 2.24) is 9.97 Å². The van der Waals surface area contributed by atoms with E-state index in [9.17, 15) is 4.79 Å². The second-order valence-corrected chi connectivity index (χ2v) is 5.42. The van der Waals surface area contributed by atoms with Crippen LogP contribution in [0, 0.1) is 0 Å². The molecular weight excluding hydrogens is 266 g/mol. The average Bonchev–Trinajstić information content (AvgIpc) is 2.53. The van der Waals surface area contributed by atoms with Crippen LogP contribution in [0.25, 0.3) is 11.0 Å². The molecule has 0 aliphatic carbocycles. The third kappa shape index (κ3) is 3.12. The van der Waals surface area contributed by atoms with E-state index < -0.39 is 5.97 Å². The van der Waals surface area contributed by atoms with E-state index in [0.717, 1.165) is 48.5 Å². The minimum atomic E-state index is -0.797. The van der Waals surface area contributed by atoms with Gasteiger partial charge in [-0.2, -0.15) is 0 Å². The molecule has 21 heavy (non-hydrogen) atoms. The fourth-order valence-electron chi connectivity index (χ4n) is 2.78. The van der Waals surface area contributed by atoms with Gasteiger partial charge in [-0.3, -0.25) is 4.79 Å². The number of piperidine rings is 1. The summed E-state index contributed by atoms with van der Waals surface area (Å²) in [5, 5.41) is 8.93. The first kappa shape index (κ1) is 13.8. The smallest absolute Gasteiger partial charge is 0.303 e. The lowest BCUT2D eigenvalue weighted by molar-refractivity contribution is -0.136. The molecule has 110 valence electrons. The van der Waals surface area contributed by atoms with E-state index in [1.165, 1.54) is 6.42 Å². The zero-order chi connectivity index (χ0) is 14.7. The molecule has 1 aromatic heterocycles. The molecule has 0 bridgehead atoms. The molecule has 1 aliphatic heterocycles. The van der Waals surface area contributed by atoms with Gasteiger partial charge in [0.1, 0.15) is 0 Å². The number of carbonyl (C=O) groups is 1. The van der Waals surface area contributed by atoms with Gasteiger partial charge in [-0.05, 0) is 31.4 Å². The second-order valence-electron chi connectivity index (χ2n) is 5.42. The van der Waals surface area contributed by atoms with Crippen LogP contribution in [0.15, 0.2) is 24.3 Å². The van der Waals surface area contributed by atoms with Crippen LogP contribution in [-0.4, -0.2) is 34.1 Å². The molecule has 0 atom stereocenters. The third-order valence-corrected chi connectivity index (χ3v) is 3.85. The number of fused-ring (bicyclic) bond motifs is 1. The van der Waals surface area contributed by atoms with Crippen LogP contribution in [0.5, 0.6) is 0 Å². The standard InChI is InChI=1S/C16H19N3O2/c20-15(21)9-8-14-16(19-10-4-1-5-11-19)18-13-7-3-2-6-12(13)17-14/h2-3,6-7H,1,4-5,8-11H2,(H,20,21). The Kier molecular flexibility index (Phi) is 3.99. The summed E-state index contributed by atoms with van der Waals surface area (Å²) < 4.78 is 0. The number of para-hydroxylation sites is 2. The Bertz CT molecular complexity index is 651. The quantitative estimate of drug-likeness (QED) is 0.935. The van der Waals surface area contributed by atoms with Crippen molar-refractivity contribution < 1.29 is 9.90 Å². The van der Waals surface area contributed by atoms with Gasteiger partial charge in [0.2, 0.25) is 0 Å². The molecule has 5 nitrogen and oxygen atoms in total. The van der Waals surface area contributed by atoms with Gasteiger partial charge >= 0.3 is 5.97 Å². The largest absolute Gasteiger partial charge is 0.481 e. The summed E-state index contributed by atoms with van der Waals surface area (Å²) in [5.74, 6) is 0.0733. The molecule has 3 rings (SSSR count). The second kappa shape index (κ2) is 6.08. The van der Waals surface area contributed by atoms with E-state index in [-0.39, 0.29) is 6.42 Å². The molecular formula is C16H19N3O2. The molecule has 2 aromatic rings. The molecule has 1 fully saturated rings. The summed E-state index contributed by atoms with van der Waals surface area (Å²) in [4.78, 5) is 22.5. The molecule has 0 saturated carbocycles. The molecule has 1 N–H and O–H groups in total. The highest BCUT2D eigenvalue weighted by molar-refractivity contribution is 5.77. The van der Waals surface area contributed by atoms with Crippen molar-refractivity contribution in [3.05, 3.63) is 30.0 Å². The van der Waals surface area contributed by atoms with Crippen molar-refractivity contribution >= 4 is 22.8 Å². The normalized spacial score (nSPS) is 15.3. The number of hydrogen-bond donors (Lipinski definition) is 1. The third-order valence-electron chi connectivity index (χ3n) is 3.85. The summed E-state index contributed by atoms with van der Waals surface area (Å²) in [6.45, 7) is 1.96. The van der Waals surface area contributed by atoms with Gasteiger partial charge in [-0.25, -0.2) is 9.97 Å². The van der Waals surface area contributed by atoms with Crippen LogP contribution in [0.4, 0.5) is 5.82 Å². The first-order valence-corrected chi connectivity index (χ1v) is 7.46. The highest BCUT2D eigenvalue weighted by Crippen LogP contribution is 2.24. The Balaban J connectivity index is 2.00. The molecule has 0 radical (unpaired) electrons. The maximum absolute atomic E-state index is 10.9. The van der Waals surface area contributed by atoms with E-state index in [2.05, 4.69) is 9.88 Å². The number of aryl methyl sites for hydroxylation is 1. The minimum Gasteiger partial charge on any atom is -0.481 e. The monoisotopic (exact) mass is 285 g/mol. The minimum absolute atomic E-state index is 0.0911. The van der Waals surface area contributed by atoms with Gasteiger partial charge in [-0.15, -0.1) is 0 Å². The number of anilines is 1. The Morgan fingerprint density at radius 1 is 1.10 bits per heavy atom. The zero-order valence-electron chi connectivity index (χ0n) is 12.0. The predicted octanol–water partition coefficient (Wildman–Crippen LogP) is 2.64. The highest BCUT2D eigenvalue weighted by atomic mass is 16.4. The molecule has 1 aromatic carbocycles. The average molecular weight is 285 g/mol. The van der Waals surface area contributed by atoms with E-state index in [1.807, 2.05) is 24.3 Å². The number of carboxylic acid groups (broad SMARTS) is 1. The lowest BCUT2D eigenvalue weighted by atomic mass is 10.1. The fraction of sp³-hybridized carbons (Fsp3) is 0.438. The molecule has 0 amide bonds. The van der Waals surface area contributed by atoms with Crippen LogP contribution < -0.4 is 4.90 Å². The Morgan fingerprint density at radius 2 is 1.76 bits per heavy atom. The summed E-state index contributed by atoms with van der Waals surface area (Å²) in [6, 6.07) is 7.76. The number of rotatable bonds is 4. The number of aliphatic carboxylic acids is 1. The summed E-state index contributed by atoms with van der Waals surface area (Å²) in [7, 11) is 0. The lowest BCUT2D eigenvalue weighted by Gasteiger charge is -2.29. The Morgan fingerprint density at radius 3 is 2.43 bits per heavy atom. The predicted molar refractivity (Wildman–Crippen MR) is 81.6 cm³/mol. The van der Waals surface area contributed by atoms with E-state index >= 15 is 0 Å². The SMILES string of the molecule is O=C(O)CCc1nc2ccccc2nc1N1CCCCC1. The molecule has 1 aliphatic rings. The van der Waals surface area contributed by atoms with Gasteiger partial charge in [0.15, 0.2) is 5.82 Å². The Hall–Kier alpha value is -2.17. The van der Waals surface area contributed by atoms with Gasteiger partial charge in [0.05, 0.1) is 23.1 Å². The maximum Gasteiger partial charge on any atom is 0.303 e. The van der Waals surface area contributed by atoms with Crippen LogP contribution in [0.2, 0.25) is 0 Å². The Labute approximate surface area is 123 Å². The summed E-state index contributed by atoms with van der Waals surface area (Å²) >= 11 is 0. The highest BCUT2D eigenvalue weighted by Gasteiger charge is 2.18. The number of nitrogens with zero attached hydrogens (tertiary/aromatic N) is 3. The van der Waals surface area contributed by atoms with Crippen LogP contribution in [-0.2, 0) is 11.2 Å². The van der Waals surface area contributed by atoms with Gasteiger partial charge < -0.3 is 10.0 Å². The topological polar surface area (TPSA) is 66.3 Å². The number of aromatic nitrogens is 2. The zero-order valence-corrected chi connectivity index (χ0v) is 12.0. The molecule has 5 heteroatoms. The summed E-state index contributed by atoms with van der Waals surface area (Å²) in [5.41, 5.74) is 2.51. The molecule has 0 spiro atoms. The molecule has 1 saturated heterocycles. The van der Waals surface area contributed by atoms with E-state index in [4.69, 9.17) is 10.1 Å². The van der Waals surface area contributed by atoms with Crippen LogP contribution >= 0.6 is 0 Å². The van der Waals surface area contributed by atoms with E-state index in [0.29, 0.717) is 6.42 Å². The van der Waals surface area contributed by atoms with Gasteiger partial charge in [0.25, 0.3) is 0 Å². The van der Waals surface area contributed by atoms with Crippen molar-refractivity contribution in [2.24, 2.45) is 0 Å². The van der Waals surface area contributed by atoms with Crippen molar-refractivity contribution in [1.29, 1.82) is 0 Å². The van der Waals surface area contributed by atoms with Crippen molar-refractivity contribution in [3.63, 3.8) is 0 Å². The van der Waals surface area contributed by atoms with Crippen molar-refractivity contribution in [2.75, 3.05) is 18.0 Å². The van der Waals surface area contributed by atoms with Crippen LogP contribution in [0.1, 0.15) is 31.4 Å². The molecule has 2 heterocycles. The first-order valence-electron chi connectivity index (χ1n) is 7.46. The number of benzene rings is 1. The fourth-order valence-corrected chi connectivity index (χ4v) is 2.78. The summed E-state index contributed by atoms with van der Waals surface area (Å²) in [6.07, 6.45) is 4.09. The van der Waals surface area contributed by atoms with Crippen molar-refractivity contribution in [3.8, 4) is 0 Å². The number of carboxylic acids is 1. The van der Waals surface area contributed by atoms with Crippen LogP contribution in [0.3, 0.4) is 0 Å². The lowest BCUT2D eigenvalue weighted by Crippen LogP contribution is -2.31. The van der Waals surface area contributed by atoms with Crippen molar-refractivity contribution in [2.45, 2.75) is 32.1 Å². The maximum atomic E-state index is 10.9. The van der Waals surface area contributed by atoms with Gasteiger partial charge in [0, 0.05) is 19.5 Å². The molecule has 0 unspecified atom stereocenters.